The van der Waals surface area contributed by atoms with Gasteiger partial charge in [-0.15, -0.1) is 0 Å². The van der Waals surface area contributed by atoms with Crippen molar-refractivity contribution < 1.29 is 33.9 Å². The molecule has 1 heterocycles. The van der Waals surface area contributed by atoms with Crippen LogP contribution in [0.2, 0.25) is 0 Å². The number of hydrogen-bond donors (Lipinski definition) is 6. The zero-order chi connectivity index (χ0) is 26.1. The molecular formula is C22H30N6O7. The van der Waals surface area contributed by atoms with E-state index in [1.54, 1.807) is 24.3 Å². The second-order valence-corrected chi connectivity index (χ2v) is 8.29. The summed E-state index contributed by atoms with van der Waals surface area (Å²) in [5.74, 6) is -5.45. The Hall–Kier alpha value is -4.00. The van der Waals surface area contributed by atoms with E-state index in [0.717, 1.165) is 10.5 Å². The van der Waals surface area contributed by atoms with Gasteiger partial charge < -0.3 is 37.8 Å². The largest absolute Gasteiger partial charge is 0.480 e. The molecule has 35 heavy (non-hydrogen) atoms. The average molecular weight is 491 g/mol. The fourth-order valence-electron chi connectivity index (χ4n) is 3.81. The number of hydrogen-bond acceptors (Lipinski definition) is 7. The lowest BCUT2D eigenvalue weighted by molar-refractivity contribution is -0.146. The quantitative estimate of drug-likeness (QED) is 0.181. The van der Waals surface area contributed by atoms with E-state index in [1.165, 1.54) is 0 Å². The van der Waals surface area contributed by atoms with Crippen LogP contribution in [0.5, 0.6) is 0 Å². The van der Waals surface area contributed by atoms with Crippen molar-refractivity contribution in [2.24, 2.45) is 17.2 Å². The molecule has 1 fully saturated rings. The molecule has 13 nitrogen and oxygen atoms in total. The smallest absolute Gasteiger partial charge is 0.326 e. The highest BCUT2D eigenvalue weighted by Gasteiger charge is 2.39. The molecule has 13 heteroatoms. The molecule has 190 valence electrons. The van der Waals surface area contributed by atoms with Crippen molar-refractivity contribution in [3.8, 4) is 0 Å². The molecule has 1 aromatic carbocycles. The Balaban J connectivity index is 2.11. The van der Waals surface area contributed by atoms with Crippen molar-refractivity contribution in [2.45, 2.75) is 56.3 Å². The Kier molecular flexibility index (Phi) is 9.70. The first kappa shape index (κ1) is 27.2. The predicted molar refractivity (Wildman–Crippen MR) is 122 cm³/mol. The molecule has 1 saturated heterocycles. The number of carboxylic acids is 1. The van der Waals surface area contributed by atoms with Gasteiger partial charge in [0.15, 0.2) is 0 Å². The maximum atomic E-state index is 13.2. The van der Waals surface area contributed by atoms with Crippen molar-refractivity contribution in [1.29, 1.82) is 0 Å². The molecule has 9 N–H and O–H groups in total. The highest BCUT2D eigenvalue weighted by atomic mass is 16.4. The lowest BCUT2D eigenvalue weighted by atomic mass is 10.0. The number of rotatable bonds is 12. The van der Waals surface area contributed by atoms with Crippen molar-refractivity contribution in [3.05, 3.63) is 35.9 Å². The minimum atomic E-state index is -1.56. The van der Waals surface area contributed by atoms with E-state index in [9.17, 15) is 33.9 Å². The van der Waals surface area contributed by atoms with Crippen LogP contribution in [0.3, 0.4) is 0 Å². The fourth-order valence-corrected chi connectivity index (χ4v) is 3.81. The highest BCUT2D eigenvalue weighted by molar-refractivity contribution is 5.97. The predicted octanol–water partition coefficient (Wildman–Crippen LogP) is -2.65. The third-order valence-electron chi connectivity index (χ3n) is 5.51. The number of amides is 5. The molecule has 0 aliphatic carbocycles. The van der Waals surface area contributed by atoms with Gasteiger partial charge in [0.1, 0.15) is 18.1 Å². The van der Waals surface area contributed by atoms with E-state index in [2.05, 4.69) is 10.6 Å². The van der Waals surface area contributed by atoms with E-state index in [4.69, 9.17) is 17.2 Å². The minimum Gasteiger partial charge on any atom is -0.480 e. The molecule has 1 aromatic rings. The van der Waals surface area contributed by atoms with Crippen LogP contribution >= 0.6 is 0 Å². The summed E-state index contributed by atoms with van der Waals surface area (Å²) in [6.07, 6.45) is -0.322. The Morgan fingerprint density at radius 1 is 0.971 bits per heavy atom. The number of primary amides is 2. The number of nitrogens with one attached hydrogen (secondary N) is 2. The Morgan fingerprint density at radius 2 is 1.57 bits per heavy atom. The van der Waals surface area contributed by atoms with Gasteiger partial charge in [-0.3, -0.25) is 24.0 Å². The van der Waals surface area contributed by atoms with Crippen LogP contribution in [0.25, 0.3) is 0 Å². The van der Waals surface area contributed by atoms with Gasteiger partial charge in [0.2, 0.25) is 29.5 Å². The van der Waals surface area contributed by atoms with Gasteiger partial charge >= 0.3 is 5.97 Å². The lowest BCUT2D eigenvalue weighted by Gasteiger charge is -2.29. The molecular weight excluding hydrogens is 460 g/mol. The van der Waals surface area contributed by atoms with Gasteiger partial charge in [0, 0.05) is 6.54 Å². The number of nitrogens with two attached hydrogens (primary N) is 3. The summed E-state index contributed by atoms with van der Waals surface area (Å²) in [6.45, 7) is 0.131. The molecule has 0 bridgehead atoms. The Morgan fingerprint density at radius 3 is 2.14 bits per heavy atom. The van der Waals surface area contributed by atoms with E-state index in [-0.39, 0.29) is 19.4 Å². The number of likely N-dealkylation sites (tertiary alicyclic amines) is 1. The second kappa shape index (κ2) is 12.5. The topological polar surface area (TPSA) is 228 Å². The van der Waals surface area contributed by atoms with Crippen molar-refractivity contribution in [1.82, 2.24) is 15.5 Å². The van der Waals surface area contributed by atoms with Gasteiger partial charge in [0.05, 0.1) is 18.9 Å². The number of carboxylic acid groups (broad SMARTS) is 1. The molecule has 0 saturated carbocycles. The molecule has 1 aliphatic rings. The number of aliphatic carboxylic acids is 1. The SMILES string of the molecule is NC(=O)CC(NC(=O)C1CCCN1C(=O)C(CC(N)=O)NC(=O)C(N)Cc1ccccc1)C(=O)O. The molecule has 0 aromatic heterocycles. The third kappa shape index (κ3) is 8.07. The Labute approximate surface area is 201 Å². The number of benzene rings is 1. The lowest BCUT2D eigenvalue weighted by Crippen LogP contribution is -2.57. The Bertz CT molecular complexity index is 970. The highest BCUT2D eigenvalue weighted by Crippen LogP contribution is 2.20. The summed E-state index contributed by atoms with van der Waals surface area (Å²) in [6, 6.07) is 3.96. The molecule has 4 unspecified atom stereocenters. The van der Waals surface area contributed by atoms with Gasteiger partial charge in [-0.05, 0) is 24.8 Å². The second-order valence-electron chi connectivity index (χ2n) is 8.29. The fraction of sp³-hybridized carbons (Fsp3) is 0.455. The van der Waals surface area contributed by atoms with Gasteiger partial charge in [-0.1, -0.05) is 30.3 Å². The number of nitrogens with zero attached hydrogens (tertiary/aromatic N) is 1. The van der Waals surface area contributed by atoms with Gasteiger partial charge in [-0.2, -0.15) is 0 Å². The summed E-state index contributed by atoms with van der Waals surface area (Å²) in [4.78, 5) is 73.7. The van der Waals surface area contributed by atoms with Gasteiger partial charge in [-0.25, -0.2) is 4.79 Å². The minimum absolute atomic E-state index is 0.131. The summed E-state index contributed by atoms with van der Waals surface area (Å²) in [5, 5.41) is 13.9. The average Bonchev–Trinajstić information content (AvgIpc) is 3.27. The molecule has 0 radical (unpaired) electrons. The van der Waals surface area contributed by atoms with Crippen LogP contribution in [-0.4, -0.2) is 76.2 Å². The normalized spacial score (nSPS) is 17.6. The van der Waals surface area contributed by atoms with E-state index < -0.39 is 72.5 Å². The molecule has 1 aliphatic heterocycles. The zero-order valence-electron chi connectivity index (χ0n) is 19.0. The third-order valence-corrected chi connectivity index (χ3v) is 5.51. The monoisotopic (exact) mass is 490 g/mol. The van der Waals surface area contributed by atoms with Crippen LogP contribution in [0.15, 0.2) is 30.3 Å². The molecule has 5 amide bonds. The van der Waals surface area contributed by atoms with Crippen molar-refractivity contribution in [2.75, 3.05) is 6.54 Å². The summed E-state index contributed by atoms with van der Waals surface area (Å²) in [5.41, 5.74) is 17.1. The van der Waals surface area contributed by atoms with Crippen LogP contribution < -0.4 is 27.8 Å². The van der Waals surface area contributed by atoms with Gasteiger partial charge in [0.25, 0.3) is 0 Å². The standard InChI is InChI=1S/C22H30N6O7/c23-13(9-12-5-2-1-3-6-12)19(31)26-14(10-17(24)29)21(33)28-8-4-7-16(28)20(32)27-15(22(34)35)11-18(25)30/h1-3,5-6,13-16H,4,7-11,23H2,(H2,24,29)(H2,25,30)(H,26,31)(H,27,32)(H,34,35). The molecule has 0 spiro atoms. The van der Waals surface area contributed by atoms with E-state index >= 15 is 0 Å². The van der Waals surface area contributed by atoms with Crippen LogP contribution in [-0.2, 0) is 35.2 Å². The first-order valence-electron chi connectivity index (χ1n) is 11.0. The molecule has 4 atom stereocenters. The summed E-state index contributed by atoms with van der Waals surface area (Å²) >= 11 is 0. The summed E-state index contributed by atoms with van der Waals surface area (Å²) < 4.78 is 0. The first-order valence-corrected chi connectivity index (χ1v) is 11.0. The maximum Gasteiger partial charge on any atom is 0.326 e. The van der Waals surface area contributed by atoms with Crippen LogP contribution in [0, 0.1) is 0 Å². The van der Waals surface area contributed by atoms with E-state index in [0.29, 0.717) is 6.42 Å². The first-order chi connectivity index (χ1) is 16.5. The van der Waals surface area contributed by atoms with Crippen molar-refractivity contribution in [3.63, 3.8) is 0 Å². The van der Waals surface area contributed by atoms with Crippen LogP contribution in [0.1, 0.15) is 31.2 Å². The maximum absolute atomic E-state index is 13.2. The van der Waals surface area contributed by atoms with Crippen LogP contribution in [0.4, 0.5) is 0 Å². The van der Waals surface area contributed by atoms with E-state index in [1.807, 2.05) is 6.07 Å². The number of carbonyl (C=O) groups is 6. The van der Waals surface area contributed by atoms with Crippen molar-refractivity contribution >= 4 is 35.5 Å². The number of carbonyl (C=O) groups excluding carboxylic acids is 5. The molecule has 2 rings (SSSR count). The summed E-state index contributed by atoms with van der Waals surface area (Å²) in [7, 11) is 0. The zero-order valence-corrected chi connectivity index (χ0v) is 19.0.